The van der Waals surface area contributed by atoms with Crippen LogP contribution in [0.1, 0.15) is 26.5 Å². The zero-order valence-corrected chi connectivity index (χ0v) is 19.8. The molecule has 0 saturated carbocycles. The van der Waals surface area contributed by atoms with Crippen LogP contribution >= 0.6 is 23.4 Å². The molecule has 2 aromatic carbocycles. The summed E-state index contributed by atoms with van der Waals surface area (Å²) in [6, 6.07) is 12.8. The zero-order chi connectivity index (χ0) is 24.2. The van der Waals surface area contributed by atoms with E-state index in [-0.39, 0.29) is 29.2 Å². The van der Waals surface area contributed by atoms with Crippen molar-refractivity contribution in [2.24, 2.45) is 0 Å². The van der Waals surface area contributed by atoms with Gasteiger partial charge in [-0.05, 0) is 48.5 Å². The average Bonchev–Trinajstić information content (AvgIpc) is 3.37. The summed E-state index contributed by atoms with van der Waals surface area (Å²) in [7, 11) is 2.77. The number of ketones is 1. The van der Waals surface area contributed by atoms with Crippen molar-refractivity contribution >= 4 is 46.0 Å². The van der Waals surface area contributed by atoms with Crippen molar-refractivity contribution in [3.05, 3.63) is 87.1 Å². The highest BCUT2D eigenvalue weighted by molar-refractivity contribution is 7.99. The number of halogens is 1. The third-order valence-electron chi connectivity index (χ3n) is 5.04. The van der Waals surface area contributed by atoms with Crippen molar-refractivity contribution in [1.29, 1.82) is 0 Å². The fourth-order valence-electron chi connectivity index (χ4n) is 3.31. The molecule has 0 N–H and O–H groups in total. The zero-order valence-electron chi connectivity index (χ0n) is 18.2. The quantitative estimate of drug-likeness (QED) is 0.152. The molecule has 4 rings (SSSR count). The average molecular weight is 499 g/mol. The van der Waals surface area contributed by atoms with E-state index in [1.54, 1.807) is 24.3 Å². The number of methoxy groups -OCH3 is 2. The monoisotopic (exact) mass is 498 g/mol. The molecule has 0 bridgehead atoms. The molecule has 2 aromatic heterocycles. The molecule has 10 heteroatoms. The van der Waals surface area contributed by atoms with Crippen LogP contribution in [0, 0.1) is 0 Å². The molecular weight excluding hydrogens is 480 g/mol. The number of nitrogens with zero attached hydrogens (tertiary/aromatic N) is 2. The predicted octanol–water partition coefficient (Wildman–Crippen LogP) is 4.46. The van der Waals surface area contributed by atoms with Crippen molar-refractivity contribution in [2.45, 2.75) is 11.7 Å². The number of Topliss-reactive ketones (excluding diaryl/α,β-unsaturated/α-hetero) is 1. The van der Waals surface area contributed by atoms with Gasteiger partial charge >= 0.3 is 5.97 Å². The van der Waals surface area contributed by atoms with E-state index >= 15 is 0 Å². The van der Waals surface area contributed by atoms with Crippen LogP contribution in [-0.4, -0.2) is 41.3 Å². The minimum absolute atomic E-state index is 0.00938. The van der Waals surface area contributed by atoms with Gasteiger partial charge < -0.3 is 13.9 Å². The lowest BCUT2D eigenvalue weighted by Gasteiger charge is -2.12. The number of aromatic nitrogens is 2. The molecule has 0 radical (unpaired) electrons. The van der Waals surface area contributed by atoms with Gasteiger partial charge in [-0.2, -0.15) is 0 Å². The third kappa shape index (κ3) is 4.85. The Morgan fingerprint density at radius 3 is 2.59 bits per heavy atom. The Morgan fingerprint density at radius 2 is 1.91 bits per heavy atom. The molecule has 0 aliphatic rings. The fraction of sp³-hybridized carbons (Fsp3) is 0.167. The van der Waals surface area contributed by atoms with Crippen molar-refractivity contribution in [3.8, 4) is 5.75 Å². The molecule has 0 spiro atoms. The lowest BCUT2D eigenvalue weighted by atomic mass is 10.1. The summed E-state index contributed by atoms with van der Waals surface area (Å²) in [6.07, 6.45) is 1.52. The topological polar surface area (TPSA) is 101 Å². The van der Waals surface area contributed by atoms with Gasteiger partial charge in [0.2, 0.25) is 0 Å². The summed E-state index contributed by atoms with van der Waals surface area (Å²) in [5.41, 5.74) is 0.684. The van der Waals surface area contributed by atoms with Crippen LogP contribution in [-0.2, 0) is 11.3 Å². The van der Waals surface area contributed by atoms with Crippen LogP contribution in [0.2, 0.25) is 5.02 Å². The molecule has 8 nitrogen and oxygen atoms in total. The maximum Gasteiger partial charge on any atom is 0.337 e. The van der Waals surface area contributed by atoms with Gasteiger partial charge in [-0.3, -0.25) is 14.2 Å². The van der Waals surface area contributed by atoms with Gasteiger partial charge in [0.1, 0.15) is 11.5 Å². The number of hydrogen-bond acceptors (Lipinski definition) is 8. The van der Waals surface area contributed by atoms with Crippen molar-refractivity contribution in [1.82, 2.24) is 9.55 Å². The molecule has 0 fully saturated rings. The Kier molecular flexibility index (Phi) is 7.04. The van der Waals surface area contributed by atoms with Gasteiger partial charge in [-0.25, -0.2) is 9.78 Å². The molecule has 2 heterocycles. The maximum absolute atomic E-state index is 13.3. The normalized spacial score (nSPS) is 10.9. The molecule has 0 amide bonds. The molecule has 0 unspecified atom stereocenters. The first-order chi connectivity index (χ1) is 16.4. The van der Waals surface area contributed by atoms with E-state index in [1.165, 1.54) is 49.3 Å². The van der Waals surface area contributed by atoms with Gasteiger partial charge in [0.15, 0.2) is 10.9 Å². The SMILES string of the molecule is COC(=O)c1ccc2c(=O)n(Cc3ccco3)c(SCC(=O)c3ccc(OC)c(Cl)c3)nc2c1. The standard InChI is InChI=1S/C24H19ClN2O6S/c1-31-21-8-6-14(10-18(21)25)20(28)13-34-24-26-19-11-15(23(30)32-2)5-7-17(19)22(29)27(24)12-16-4-3-9-33-16/h3-11H,12-13H2,1-2H3. The highest BCUT2D eigenvalue weighted by atomic mass is 35.5. The van der Waals surface area contributed by atoms with E-state index in [0.29, 0.717) is 38.2 Å². The number of carbonyl (C=O) groups excluding carboxylic acids is 2. The summed E-state index contributed by atoms with van der Waals surface area (Å²) in [6.45, 7) is 0.137. The number of furan rings is 1. The summed E-state index contributed by atoms with van der Waals surface area (Å²) in [4.78, 5) is 42.6. The second-order valence-electron chi connectivity index (χ2n) is 7.15. The van der Waals surface area contributed by atoms with Gasteiger partial charge in [0.25, 0.3) is 5.56 Å². The Balaban J connectivity index is 1.70. The van der Waals surface area contributed by atoms with Crippen LogP contribution in [0.15, 0.2) is 69.2 Å². The number of esters is 1. The molecular formula is C24H19ClN2O6S. The molecule has 34 heavy (non-hydrogen) atoms. The minimum atomic E-state index is -0.538. The first kappa shape index (κ1) is 23.6. The second kappa shape index (κ2) is 10.1. The van der Waals surface area contributed by atoms with E-state index in [2.05, 4.69) is 4.98 Å². The predicted molar refractivity (Wildman–Crippen MR) is 128 cm³/mol. The number of fused-ring (bicyclic) bond motifs is 1. The van der Waals surface area contributed by atoms with E-state index in [0.717, 1.165) is 11.8 Å². The Bertz CT molecular complexity index is 1430. The van der Waals surface area contributed by atoms with E-state index in [1.807, 2.05) is 0 Å². The molecule has 0 saturated heterocycles. The molecule has 4 aromatic rings. The van der Waals surface area contributed by atoms with Crippen LogP contribution in [0.3, 0.4) is 0 Å². The van der Waals surface area contributed by atoms with Crippen LogP contribution in [0.5, 0.6) is 5.75 Å². The molecule has 0 aliphatic carbocycles. The summed E-state index contributed by atoms with van der Waals surface area (Å²) < 4.78 is 16.7. The third-order valence-corrected chi connectivity index (χ3v) is 6.31. The molecule has 174 valence electrons. The van der Waals surface area contributed by atoms with Crippen LogP contribution in [0.25, 0.3) is 10.9 Å². The lowest BCUT2D eigenvalue weighted by Crippen LogP contribution is -2.24. The van der Waals surface area contributed by atoms with Crippen LogP contribution < -0.4 is 10.3 Å². The number of rotatable bonds is 8. The summed E-state index contributed by atoms with van der Waals surface area (Å²) in [5.74, 6) is 0.302. The number of thioether (sulfide) groups is 1. The van der Waals surface area contributed by atoms with Crippen molar-refractivity contribution in [3.63, 3.8) is 0 Å². The van der Waals surface area contributed by atoms with E-state index < -0.39 is 5.97 Å². The van der Waals surface area contributed by atoms with Crippen molar-refractivity contribution in [2.75, 3.05) is 20.0 Å². The first-order valence-corrected chi connectivity index (χ1v) is 11.4. The smallest absolute Gasteiger partial charge is 0.337 e. The number of carbonyl (C=O) groups is 2. The van der Waals surface area contributed by atoms with Crippen molar-refractivity contribution < 1.29 is 23.5 Å². The Labute approximate surface area is 203 Å². The Hall–Kier alpha value is -3.56. The second-order valence-corrected chi connectivity index (χ2v) is 8.50. The molecule has 0 aliphatic heterocycles. The number of benzene rings is 2. The van der Waals surface area contributed by atoms with Gasteiger partial charge in [-0.1, -0.05) is 23.4 Å². The fourth-order valence-corrected chi connectivity index (χ4v) is 4.46. The minimum Gasteiger partial charge on any atom is -0.495 e. The van der Waals surface area contributed by atoms with E-state index in [4.69, 9.17) is 25.5 Å². The van der Waals surface area contributed by atoms with Gasteiger partial charge in [0, 0.05) is 5.56 Å². The number of ether oxygens (including phenoxy) is 2. The largest absolute Gasteiger partial charge is 0.495 e. The highest BCUT2D eigenvalue weighted by Gasteiger charge is 2.17. The summed E-state index contributed by atoms with van der Waals surface area (Å²) >= 11 is 7.25. The lowest BCUT2D eigenvalue weighted by molar-refractivity contribution is 0.0600. The van der Waals surface area contributed by atoms with Gasteiger partial charge in [0.05, 0.1) is 54.3 Å². The number of hydrogen-bond donors (Lipinski definition) is 0. The molecule has 0 atom stereocenters. The van der Waals surface area contributed by atoms with E-state index in [9.17, 15) is 14.4 Å². The maximum atomic E-state index is 13.3. The summed E-state index contributed by atoms with van der Waals surface area (Å²) in [5, 5.41) is 0.966. The van der Waals surface area contributed by atoms with Crippen LogP contribution in [0.4, 0.5) is 0 Å². The van der Waals surface area contributed by atoms with Gasteiger partial charge in [-0.15, -0.1) is 0 Å². The Morgan fingerprint density at radius 1 is 1.12 bits per heavy atom. The highest BCUT2D eigenvalue weighted by Crippen LogP contribution is 2.27. The first-order valence-electron chi connectivity index (χ1n) is 10.1.